The third kappa shape index (κ3) is 5.67. The summed E-state index contributed by atoms with van der Waals surface area (Å²) < 4.78 is 0. The van der Waals surface area contributed by atoms with Crippen molar-refractivity contribution in [2.75, 3.05) is 26.7 Å². The first-order chi connectivity index (χ1) is 11.2. The lowest BCUT2D eigenvalue weighted by molar-refractivity contribution is -0.129. The first-order valence-electron chi connectivity index (χ1n) is 8.49. The second-order valence-corrected chi connectivity index (χ2v) is 6.07. The van der Waals surface area contributed by atoms with Gasteiger partial charge in [-0.3, -0.25) is 14.5 Å². The molecule has 1 aliphatic rings. The van der Waals surface area contributed by atoms with Crippen molar-refractivity contribution in [3.05, 3.63) is 35.9 Å². The number of nitrogens with zero attached hydrogens (tertiary/aromatic N) is 1. The van der Waals surface area contributed by atoms with E-state index < -0.39 is 6.04 Å². The number of hydrogen-bond donors (Lipinski definition) is 2. The molecule has 2 amide bonds. The lowest BCUT2D eigenvalue weighted by Gasteiger charge is -2.25. The summed E-state index contributed by atoms with van der Waals surface area (Å²) in [6, 6.07) is 8.72. The monoisotopic (exact) mass is 317 g/mol. The molecule has 23 heavy (non-hydrogen) atoms. The van der Waals surface area contributed by atoms with E-state index in [0.29, 0.717) is 6.54 Å². The molecule has 0 spiro atoms. The van der Waals surface area contributed by atoms with E-state index in [4.69, 9.17) is 0 Å². The van der Waals surface area contributed by atoms with Crippen LogP contribution in [0.2, 0.25) is 0 Å². The molecule has 2 rings (SSSR count). The molecule has 0 saturated carbocycles. The van der Waals surface area contributed by atoms with Crippen molar-refractivity contribution in [2.45, 2.75) is 38.1 Å². The summed E-state index contributed by atoms with van der Waals surface area (Å²) in [5, 5.41) is 5.50. The third-order valence-corrected chi connectivity index (χ3v) is 4.26. The van der Waals surface area contributed by atoms with Crippen molar-refractivity contribution in [3.8, 4) is 0 Å². The Bertz CT molecular complexity index is 496. The SMILES string of the molecule is CNC(=O)C(NC(=O)CN1CCCCCCC1)c1ccccc1. The Balaban J connectivity index is 1.95. The predicted molar refractivity (Wildman–Crippen MR) is 90.9 cm³/mol. The molecule has 0 radical (unpaired) electrons. The highest BCUT2D eigenvalue weighted by atomic mass is 16.2. The van der Waals surface area contributed by atoms with Gasteiger partial charge in [0, 0.05) is 7.05 Å². The Morgan fingerprint density at radius 3 is 2.26 bits per heavy atom. The van der Waals surface area contributed by atoms with E-state index in [1.165, 1.54) is 19.3 Å². The quantitative estimate of drug-likeness (QED) is 0.871. The van der Waals surface area contributed by atoms with Crippen molar-refractivity contribution in [3.63, 3.8) is 0 Å². The highest BCUT2D eigenvalue weighted by Gasteiger charge is 2.22. The van der Waals surface area contributed by atoms with Crippen LogP contribution in [0.3, 0.4) is 0 Å². The van der Waals surface area contributed by atoms with E-state index in [9.17, 15) is 9.59 Å². The van der Waals surface area contributed by atoms with Gasteiger partial charge in [0.2, 0.25) is 11.8 Å². The van der Waals surface area contributed by atoms with Crippen molar-refractivity contribution in [1.29, 1.82) is 0 Å². The van der Waals surface area contributed by atoms with Gasteiger partial charge in [0.05, 0.1) is 6.54 Å². The molecular weight excluding hydrogens is 290 g/mol. The molecule has 1 fully saturated rings. The average Bonchev–Trinajstić information content (AvgIpc) is 2.55. The molecule has 1 aromatic carbocycles. The summed E-state index contributed by atoms with van der Waals surface area (Å²) in [5.41, 5.74) is 0.799. The van der Waals surface area contributed by atoms with E-state index in [-0.39, 0.29) is 11.8 Å². The van der Waals surface area contributed by atoms with Crippen molar-refractivity contribution >= 4 is 11.8 Å². The van der Waals surface area contributed by atoms with Crippen LogP contribution >= 0.6 is 0 Å². The second kappa shape index (κ2) is 9.30. The fourth-order valence-electron chi connectivity index (χ4n) is 2.97. The van der Waals surface area contributed by atoms with E-state index in [0.717, 1.165) is 31.5 Å². The zero-order valence-corrected chi connectivity index (χ0v) is 13.9. The van der Waals surface area contributed by atoms with Gasteiger partial charge in [-0.15, -0.1) is 0 Å². The number of hydrogen-bond acceptors (Lipinski definition) is 3. The summed E-state index contributed by atoms with van der Waals surface area (Å²) in [7, 11) is 1.59. The van der Waals surface area contributed by atoms with Gasteiger partial charge >= 0.3 is 0 Å². The van der Waals surface area contributed by atoms with Crippen LogP contribution < -0.4 is 10.6 Å². The van der Waals surface area contributed by atoms with Gasteiger partial charge in [-0.1, -0.05) is 49.6 Å². The summed E-state index contributed by atoms with van der Waals surface area (Å²) in [5.74, 6) is -0.291. The molecule has 5 heteroatoms. The van der Waals surface area contributed by atoms with Crippen LogP contribution in [0.4, 0.5) is 0 Å². The number of nitrogens with one attached hydrogen (secondary N) is 2. The third-order valence-electron chi connectivity index (χ3n) is 4.26. The van der Waals surface area contributed by atoms with Crippen molar-refractivity contribution in [2.24, 2.45) is 0 Å². The van der Waals surface area contributed by atoms with Crippen molar-refractivity contribution in [1.82, 2.24) is 15.5 Å². The summed E-state index contributed by atoms with van der Waals surface area (Å²) in [4.78, 5) is 26.7. The highest BCUT2D eigenvalue weighted by molar-refractivity contribution is 5.89. The Labute approximate surface area is 138 Å². The summed E-state index contributed by atoms with van der Waals surface area (Å²) in [6.07, 6.45) is 6.06. The van der Waals surface area contributed by atoms with Gasteiger partial charge in [-0.05, 0) is 31.5 Å². The molecule has 5 nitrogen and oxygen atoms in total. The number of carbonyl (C=O) groups is 2. The number of likely N-dealkylation sites (tertiary alicyclic amines) is 1. The van der Waals surface area contributed by atoms with Gasteiger partial charge in [0.25, 0.3) is 0 Å². The van der Waals surface area contributed by atoms with Crippen LogP contribution in [0.25, 0.3) is 0 Å². The Morgan fingerprint density at radius 1 is 1.04 bits per heavy atom. The van der Waals surface area contributed by atoms with Gasteiger partial charge in [0.1, 0.15) is 6.04 Å². The van der Waals surface area contributed by atoms with Crippen LogP contribution in [0.5, 0.6) is 0 Å². The largest absolute Gasteiger partial charge is 0.357 e. The average molecular weight is 317 g/mol. The fraction of sp³-hybridized carbons (Fsp3) is 0.556. The standard InChI is InChI=1S/C18H27N3O2/c1-19-18(23)17(15-10-6-5-7-11-15)20-16(22)14-21-12-8-3-2-4-9-13-21/h5-7,10-11,17H,2-4,8-9,12-14H2,1H3,(H,19,23)(H,20,22). The lowest BCUT2D eigenvalue weighted by Crippen LogP contribution is -2.44. The lowest BCUT2D eigenvalue weighted by atomic mass is 10.1. The zero-order chi connectivity index (χ0) is 16.5. The van der Waals surface area contributed by atoms with Crippen LogP contribution in [0.1, 0.15) is 43.7 Å². The Kier molecular flexibility index (Phi) is 7.07. The van der Waals surface area contributed by atoms with Crippen LogP contribution in [0.15, 0.2) is 30.3 Å². The van der Waals surface area contributed by atoms with E-state index in [2.05, 4.69) is 15.5 Å². The first kappa shape index (κ1) is 17.5. The minimum absolute atomic E-state index is 0.0944. The molecule has 1 aliphatic heterocycles. The molecule has 1 saturated heterocycles. The summed E-state index contributed by atoms with van der Waals surface area (Å²) >= 11 is 0. The van der Waals surface area contributed by atoms with Gasteiger partial charge in [0.15, 0.2) is 0 Å². The van der Waals surface area contributed by atoms with Gasteiger partial charge in [-0.2, -0.15) is 0 Å². The molecule has 2 N–H and O–H groups in total. The maximum atomic E-state index is 12.4. The predicted octanol–water partition coefficient (Wildman–Crippen LogP) is 1.86. The van der Waals surface area contributed by atoms with Crippen LogP contribution in [-0.2, 0) is 9.59 Å². The fourth-order valence-corrected chi connectivity index (χ4v) is 2.97. The zero-order valence-electron chi connectivity index (χ0n) is 13.9. The van der Waals surface area contributed by atoms with Crippen LogP contribution in [0, 0.1) is 0 Å². The molecule has 1 unspecified atom stereocenters. The van der Waals surface area contributed by atoms with Gasteiger partial charge < -0.3 is 10.6 Å². The maximum Gasteiger partial charge on any atom is 0.246 e. The molecule has 1 heterocycles. The normalized spacial score (nSPS) is 17.6. The number of amides is 2. The minimum atomic E-state index is -0.636. The summed E-state index contributed by atoms with van der Waals surface area (Å²) in [6.45, 7) is 2.28. The Hall–Kier alpha value is -1.88. The number of likely N-dealkylation sites (N-methyl/N-ethyl adjacent to an activating group) is 1. The van der Waals surface area contributed by atoms with E-state index in [1.54, 1.807) is 7.05 Å². The van der Waals surface area contributed by atoms with Crippen molar-refractivity contribution < 1.29 is 9.59 Å². The first-order valence-corrected chi connectivity index (χ1v) is 8.49. The van der Waals surface area contributed by atoms with Gasteiger partial charge in [-0.25, -0.2) is 0 Å². The van der Waals surface area contributed by atoms with E-state index in [1.807, 2.05) is 30.3 Å². The maximum absolute atomic E-state index is 12.4. The van der Waals surface area contributed by atoms with E-state index >= 15 is 0 Å². The highest BCUT2D eigenvalue weighted by Crippen LogP contribution is 2.13. The molecule has 0 aliphatic carbocycles. The van der Waals surface area contributed by atoms with Crippen LogP contribution in [-0.4, -0.2) is 43.4 Å². The number of benzene rings is 1. The molecule has 0 aromatic heterocycles. The topological polar surface area (TPSA) is 61.4 Å². The molecule has 1 aromatic rings. The number of rotatable bonds is 5. The number of carbonyl (C=O) groups excluding carboxylic acids is 2. The minimum Gasteiger partial charge on any atom is -0.357 e. The Morgan fingerprint density at radius 2 is 1.65 bits per heavy atom. The second-order valence-electron chi connectivity index (χ2n) is 6.07. The molecular formula is C18H27N3O2. The molecule has 0 bridgehead atoms. The molecule has 126 valence electrons. The smallest absolute Gasteiger partial charge is 0.246 e. The molecule has 1 atom stereocenters.